The molecule has 0 N–H and O–H groups in total. The molecular weight excluding hydrogens is 579 g/mol. The van der Waals surface area contributed by atoms with Crippen molar-refractivity contribution in [2.24, 2.45) is 0 Å². The zero-order valence-corrected chi connectivity index (χ0v) is 26.4. The Morgan fingerprint density at radius 1 is 0.500 bits per heavy atom. The van der Waals surface area contributed by atoms with Gasteiger partial charge in [0.25, 0.3) is 0 Å². The molecule has 218 valence electrons. The first-order chi connectivity index (χ1) is 22.5. The van der Waals surface area contributed by atoms with Gasteiger partial charge < -0.3 is 9.32 Å². The number of furan rings is 1. The molecule has 2 aromatic heterocycles. The lowest BCUT2D eigenvalue weighted by Crippen LogP contribution is -2.16. The van der Waals surface area contributed by atoms with Crippen molar-refractivity contribution in [2.75, 3.05) is 4.90 Å². The molecule has 10 rings (SSSR count). The van der Waals surface area contributed by atoms with E-state index in [-0.39, 0.29) is 5.41 Å². The van der Waals surface area contributed by atoms with Crippen LogP contribution >= 0.6 is 11.3 Å². The van der Waals surface area contributed by atoms with Gasteiger partial charge >= 0.3 is 0 Å². The molecule has 9 aromatic rings. The molecule has 46 heavy (non-hydrogen) atoms. The van der Waals surface area contributed by atoms with Crippen molar-refractivity contribution in [3.63, 3.8) is 0 Å². The van der Waals surface area contributed by atoms with Gasteiger partial charge in [-0.05, 0) is 88.3 Å². The first-order valence-corrected chi connectivity index (χ1v) is 16.7. The van der Waals surface area contributed by atoms with Gasteiger partial charge in [0.1, 0.15) is 11.2 Å². The van der Waals surface area contributed by atoms with E-state index in [0.29, 0.717) is 0 Å². The maximum atomic E-state index is 6.51. The monoisotopic (exact) mass is 607 g/mol. The Kier molecular flexibility index (Phi) is 5.25. The minimum absolute atomic E-state index is 0.0923. The summed E-state index contributed by atoms with van der Waals surface area (Å²) >= 11 is 1.86. The maximum Gasteiger partial charge on any atom is 0.143 e. The van der Waals surface area contributed by atoms with Gasteiger partial charge in [-0.3, -0.25) is 0 Å². The predicted octanol–water partition coefficient (Wildman–Crippen LogP) is 12.9. The summed E-state index contributed by atoms with van der Waals surface area (Å²) in [7, 11) is 0. The van der Waals surface area contributed by atoms with Gasteiger partial charge in [-0.2, -0.15) is 0 Å². The Morgan fingerprint density at radius 2 is 1.15 bits per heavy atom. The molecule has 0 aliphatic heterocycles. The third kappa shape index (κ3) is 3.58. The average molecular weight is 608 g/mol. The summed E-state index contributed by atoms with van der Waals surface area (Å²) in [6.45, 7) is 4.70. The molecule has 0 saturated heterocycles. The molecule has 0 fully saturated rings. The molecule has 0 atom stereocenters. The van der Waals surface area contributed by atoms with E-state index >= 15 is 0 Å². The highest BCUT2D eigenvalue weighted by Gasteiger charge is 2.35. The molecule has 2 nitrogen and oxygen atoms in total. The Hall–Kier alpha value is -5.38. The van der Waals surface area contributed by atoms with Crippen LogP contribution in [0.15, 0.2) is 144 Å². The third-order valence-electron chi connectivity index (χ3n) is 10.0. The lowest BCUT2D eigenvalue weighted by Gasteiger charge is -2.28. The molecule has 0 saturated carbocycles. The van der Waals surface area contributed by atoms with E-state index in [9.17, 15) is 0 Å². The van der Waals surface area contributed by atoms with Gasteiger partial charge in [0.05, 0.1) is 0 Å². The molecule has 1 aliphatic rings. The Labute approximate surface area is 270 Å². The molecule has 0 bridgehead atoms. The molecule has 3 heteroatoms. The fourth-order valence-electron chi connectivity index (χ4n) is 7.76. The highest BCUT2D eigenvalue weighted by Crippen LogP contribution is 2.51. The third-order valence-corrected chi connectivity index (χ3v) is 11.2. The van der Waals surface area contributed by atoms with E-state index in [2.05, 4.69) is 152 Å². The van der Waals surface area contributed by atoms with Crippen molar-refractivity contribution in [3.05, 3.63) is 151 Å². The number of anilines is 3. The molecule has 0 spiro atoms. The molecule has 0 amide bonds. The Balaban J connectivity index is 1.23. The molecule has 1 aliphatic carbocycles. The van der Waals surface area contributed by atoms with Crippen molar-refractivity contribution < 1.29 is 4.42 Å². The molecule has 2 heterocycles. The van der Waals surface area contributed by atoms with Crippen LogP contribution in [-0.4, -0.2) is 0 Å². The standard InChI is InChI=1S/C43H29NOS/c1-43(2)37-12-6-3-9-30(37)31-21-18-29(25-38(31)43)44(28-19-22-41-36(24-28)33-11-5-8-14-40(33)46-41)27-17-15-26-16-20-34-32-10-4-7-13-39(32)45-42(34)35(26)23-27/h3-25H,1-2H3. The number of para-hydroxylation sites is 1. The van der Waals surface area contributed by atoms with E-state index in [1.54, 1.807) is 0 Å². The van der Waals surface area contributed by atoms with Crippen LogP contribution in [-0.2, 0) is 5.41 Å². The lowest BCUT2D eigenvalue weighted by atomic mass is 9.82. The topological polar surface area (TPSA) is 16.4 Å². The zero-order chi connectivity index (χ0) is 30.6. The van der Waals surface area contributed by atoms with E-state index in [4.69, 9.17) is 4.42 Å². The summed E-state index contributed by atoms with van der Waals surface area (Å²) in [6.07, 6.45) is 0. The van der Waals surface area contributed by atoms with Crippen LogP contribution in [0.3, 0.4) is 0 Å². The molecule has 0 radical (unpaired) electrons. The fraction of sp³-hybridized carbons (Fsp3) is 0.0698. The highest BCUT2D eigenvalue weighted by atomic mass is 32.1. The van der Waals surface area contributed by atoms with Crippen molar-refractivity contribution in [1.29, 1.82) is 0 Å². The zero-order valence-electron chi connectivity index (χ0n) is 25.5. The van der Waals surface area contributed by atoms with Crippen LogP contribution in [0.25, 0.3) is 64.0 Å². The Morgan fingerprint density at radius 3 is 2.07 bits per heavy atom. The van der Waals surface area contributed by atoms with Crippen LogP contribution in [0.5, 0.6) is 0 Å². The van der Waals surface area contributed by atoms with Crippen molar-refractivity contribution >= 4 is 81.3 Å². The number of fused-ring (bicyclic) bond motifs is 11. The van der Waals surface area contributed by atoms with Gasteiger partial charge in [0.2, 0.25) is 0 Å². The fourth-order valence-corrected chi connectivity index (χ4v) is 8.85. The minimum atomic E-state index is -0.0923. The van der Waals surface area contributed by atoms with Gasteiger partial charge in [-0.25, -0.2) is 0 Å². The predicted molar refractivity (Wildman–Crippen MR) is 196 cm³/mol. The summed E-state index contributed by atoms with van der Waals surface area (Å²) < 4.78 is 9.13. The van der Waals surface area contributed by atoms with E-state index in [1.165, 1.54) is 47.8 Å². The first kappa shape index (κ1) is 25.9. The van der Waals surface area contributed by atoms with E-state index < -0.39 is 0 Å². The van der Waals surface area contributed by atoms with Crippen LogP contribution in [0.2, 0.25) is 0 Å². The number of thiophene rings is 1. The van der Waals surface area contributed by atoms with Gasteiger partial charge in [0.15, 0.2) is 0 Å². The van der Waals surface area contributed by atoms with Crippen LogP contribution in [0.4, 0.5) is 17.1 Å². The number of hydrogen-bond acceptors (Lipinski definition) is 3. The number of rotatable bonds is 3. The van der Waals surface area contributed by atoms with Gasteiger partial charge in [-0.15, -0.1) is 11.3 Å². The quantitative estimate of drug-likeness (QED) is 0.199. The first-order valence-electron chi connectivity index (χ1n) is 15.8. The van der Waals surface area contributed by atoms with Crippen LogP contribution in [0.1, 0.15) is 25.0 Å². The van der Waals surface area contributed by atoms with Gasteiger partial charge in [0, 0.05) is 58.8 Å². The SMILES string of the molecule is CC1(C)c2ccccc2-c2ccc(N(c3ccc4sc5ccccc5c4c3)c3ccc4ccc5c6ccccc6oc5c4c3)cc21. The molecular formula is C43H29NOS. The number of hydrogen-bond donors (Lipinski definition) is 0. The van der Waals surface area contributed by atoms with Crippen LogP contribution in [0, 0.1) is 0 Å². The summed E-state index contributed by atoms with van der Waals surface area (Å²) in [6, 6.07) is 51.1. The maximum absolute atomic E-state index is 6.51. The Bertz CT molecular complexity index is 2690. The normalized spacial score (nSPS) is 13.6. The number of benzene rings is 7. The molecule has 7 aromatic carbocycles. The van der Waals surface area contributed by atoms with E-state index in [0.717, 1.165) is 44.4 Å². The summed E-state index contributed by atoms with van der Waals surface area (Å²) in [4.78, 5) is 2.42. The second-order valence-electron chi connectivity index (χ2n) is 13.0. The second kappa shape index (κ2) is 9.32. The van der Waals surface area contributed by atoms with Gasteiger partial charge in [-0.1, -0.05) is 92.7 Å². The second-order valence-corrected chi connectivity index (χ2v) is 14.0. The summed E-state index contributed by atoms with van der Waals surface area (Å²) in [5, 5.41) is 7.17. The molecule has 0 unspecified atom stereocenters. The van der Waals surface area contributed by atoms with Crippen molar-refractivity contribution in [3.8, 4) is 11.1 Å². The van der Waals surface area contributed by atoms with Crippen molar-refractivity contribution in [1.82, 2.24) is 0 Å². The number of nitrogens with zero attached hydrogens (tertiary/aromatic N) is 1. The van der Waals surface area contributed by atoms with E-state index in [1.807, 2.05) is 17.4 Å². The highest BCUT2D eigenvalue weighted by molar-refractivity contribution is 7.25. The summed E-state index contributed by atoms with van der Waals surface area (Å²) in [5.41, 5.74) is 10.6. The summed E-state index contributed by atoms with van der Waals surface area (Å²) in [5.74, 6) is 0. The van der Waals surface area contributed by atoms with Crippen molar-refractivity contribution in [2.45, 2.75) is 19.3 Å². The minimum Gasteiger partial charge on any atom is -0.455 e. The smallest absolute Gasteiger partial charge is 0.143 e. The lowest BCUT2D eigenvalue weighted by molar-refractivity contribution is 0.660. The van der Waals surface area contributed by atoms with Crippen LogP contribution < -0.4 is 4.90 Å². The largest absolute Gasteiger partial charge is 0.455 e. The average Bonchev–Trinajstić information content (AvgIpc) is 3.73.